The van der Waals surface area contributed by atoms with E-state index in [1.54, 1.807) is 0 Å². The van der Waals surface area contributed by atoms with E-state index >= 15 is 0 Å². The number of hydrogen-bond donors (Lipinski definition) is 2. The SMILES string of the molecule is CCNC(=NCC(C)N(C)Cc1ccccc1)NC1CCN(C2CCCC2)CC1. The predicted octanol–water partition coefficient (Wildman–Crippen LogP) is 3.47. The van der Waals surface area contributed by atoms with Crippen molar-refractivity contribution in [3.63, 3.8) is 0 Å². The Labute approximate surface area is 178 Å². The first-order valence-electron chi connectivity index (χ1n) is 11.7. The van der Waals surface area contributed by atoms with Crippen LogP contribution in [0.1, 0.15) is 57.9 Å². The number of piperidine rings is 1. The molecule has 2 aliphatic rings. The van der Waals surface area contributed by atoms with Gasteiger partial charge in [0.25, 0.3) is 0 Å². The lowest BCUT2D eigenvalue weighted by atomic mass is 10.0. The highest BCUT2D eigenvalue weighted by molar-refractivity contribution is 5.80. The summed E-state index contributed by atoms with van der Waals surface area (Å²) < 4.78 is 0. The summed E-state index contributed by atoms with van der Waals surface area (Å²) in [4.78, 5) is 10.0. The minimum absolute atomic E-state index is 0.398. The van der Waals surface area contributed by atoms with Crippen LogP contribution < -0.4 is 10.6 Å². The quantitative estimate of drug-likeness (QED) is 0.519. The fraction of sp³-hybridized carbons (Fsp3) is 0.708. The second-order valence-corrected chi connectivity index (χ2v) is 8.86. The Morgan fingerprint density at radius 3 is 2.48 bits per heavy atom. The maximum Gasteiger partial charge on any atom is 0.191 e. The Bertz CT molecular complexity index is 603. The number of nitrogens with zero attached hydrogens (tertiary/aromatic N) is 3. The zero-order valence-electron chi connectivity index (χ0n) is 18.7. The second-order valence-electron chi connectivity index (χ2n) is 8.86. The van der Waals surface area contributed by atoms with Crippen LogP contribution in [-0.2, 0) is 6.54 Å². The largest absolute Gasteiger partial charge is 0.357 e. The molecule has 2 fully saturated rings. The van der Waals surface area contributed by atoms with Crippen molar-refractivity contribution in [2.75, 3.05) is 33.2 Å². The van der Waals surface area contributed by atoms with Gasteiger partial charge in [0.1, 0.15) is 0 Å². The molecule has 1 aliphatic carbocycles. The molecule has 5 nitrogen and oxygen atoms in total. The van der Waals surface area contributed by atoms with Gasteiger partial charge in [0.2, 0.25) is 0 Å². The minimum atomic E-state index is 0.398. The highest BCUT2D eigenvalue weighted by Gasteiger charge is 2.27. The maximum absolute atomic E-state index is 4.91. The van der Waals surface area contributed by atoms with E-state index in [0.29, 0.717) is 12.1 Å². The summed E-state index contributed by atoms with van der Waals surface area (Å²) in [7, 11) is 2.19. The molecule has 1 aliphatic heterocycles. The van der Waals surface area contributed by atoms with E-state index < -0.39 is 0 Å². The van der Waals surface area contributed by atoms with E-state index in [1.165, 1.54) is 57.2 Å². The second kappa shape index (κ2) is 11.6. The Hall–Kier alpha value is -1.59. The average molecular weight is 400 g/mol. The summed E-state index contributed by atoms with van der Waals surface area (Å²) in [6.07, 6.45) is 8.13. The van der Waals surface area contributed by atoms with Gasteiger partial charge in [-0.3, -0.25) is 9.89 Å². The van der Waals surface area contributed by atoms with Crippen LogP contribution >= 0.6 is 0 Å². The molecule has 0 radical (unpaired) electrons. The van der Waals surface area contributed by atoms with Crippen molar-refractivity contribution in [3.8, 4) is 0 Å². The van der Waals surface area contributed by atoms with Crippen molar-refractivity contribution >= 4 is 5.96 Å². The molecule has 162 valence electrons. The van der Waals surface area contributed by atoms with Crippen molar-refractivity contribution in [3.05, 3.63) is 35.9 Å². The normalized spacial score (nSPS) is 20.9. The van der Waals surface area contributed by atoms with Crippen molar-refractivity contribution in [2.24, 2.45) is 4.99 Å². The first-order chi connectivity index (χ1) is 14.2. The van der Waals surface area contributed by atoms with Crippen molar-refractivity contribution < 1.29 is 0 Å². The predicted molar refractivity (Wildman–Crippen MR) is 123 cm³/mol. The molecule has 0 amide bonds. The van der Waals surface area contributed by atoms with Gasteiger partial charge >= 0.3 is 0 Å². The van der Waals surface area contributed by atoms with E-state index in [2.05, 4.69) is 71.7 Å². The third kappa shape index (κ3) is 7.00. The van der Waals surface area contributed by atoms with Crippen molar-refractivity contribution in [1.29, 1.82) is 0 Å². The van der Waals surface area contributed by atoms with E-state index in [-0.39, 0.29) is 0 Å². The topological polar surface area (TPSA) is 42.9 Å². The van der Waals surface area contributed by atoms with E-state index in [1.807, 2.05) is 0 Å². The Kier molecular flexibility index (Phi) is 8.81. The van der Waals surface area contributed by atoms with E-state index in [9.17, 15) is 0 Å². The molecule has 1 saturated heterocycles. The summed E-state index contributed by atoms with van der Waals surface area (Å²) >= 11 is 0. The number of guanidine groups is 1. The number of benzene rings is 1. The van der Waals surface area contributed by atoms with Gasteiger partial charge in [0, 0.05) is 44.3 Å². The van der Waals surface area contributed by atoms with Crippen LogP contribution in [0.15, 0.2) is 35.3 Å². The van der Waals surface area contributed by atoms with Gasteiger partial charge in [0.15, 0.2) is 5.96 Å². The lowest BCUT2D eigenvalue weighted by Gasteiger charge is -2.36. The molecular weight excluding hydrogens is 358 g/mol. The summed E-state index contributed by atoms with van der Waals surface area (Å²) in [5.41, 5.74) is 1.35. The monoisotopic (exact) mass is 399 g/mol. The van der Waals surface area contributed by atoms with E-state index in [4.69, 9.17) is 4.99 Å². The highest BCUT2D eigenvalue weighted by Crippen LogP contribution is 2.26. The van der Waals surface area contributed by atoms with Crippen LogP contribution in [0.5, 0.6) is 0 Å². The van der Waals surface area contributed by atoms with Crippen molar-refractivity contribution in [2.45, 2.75) is 77.0 Å². The number of likely N-dealkylation sites (tertiary alicyclic amines) is 1. The highest BCUT2D eigenvalue weighted by atomic mass is 15.2. The Morgan fingerprint density at radius 2 is 1.83 bits per heavy atom. The molecule has 1 heterocycles. The molecule has 0 aromatic heterocycles. The van der Waals surface area contributed by atoms with Gasteiger partial charge in [0.05, 0.1) is 6.54 Å². The summed E-state index contributed by atoms with van der Waals surface area (Å²) in [6.45, 7) is 9.54. The smallest absolute Gasteiger partial charge is 0.191 e. The van der Waals surface area contributed by atoms with Crippen LogP contribution in [-0.4, -0.2) is 67.1 Å². The van der Waals surface area contributed by atoms with Gasteiger partial charge < -0.3 is 15.5 Å². The molecule has 1 atom stereocenters. The standard InChI is InChI=1S/C24H41N5/c1-4-25-24(26-18-20(2)28(3)19-21-10-6-5-7-11-21)27-22-14-16-29(17-15-22)23-12-8-9-13-23/h5-7,10-11,20,22-23H,4,8-9,12-19H2,1-3H3,(H2,25,26,27). The lowest BCUT2D eigenvalue weighted by Crippen LogP contribution is -2.50. The molecule has 29 heavy (non-hydrogen) atoms. The molecule has 1 aromatic rings. The van der Waals surface area contributed by atoms with Crippen LogP contribution in [0, 0.1) is 0 Å². The number of rotatable bonds is 8. The lowest BCUT2D eigenvalue weighted by molar-refractivity contribution is 0.150. The molecule has 1 saturated carbocycles. The first-order valence-corrected chi connectivity index (χ1v) is 11.7. The molecule has 5 heteroatoms. The molecule has 0 bridgehead atoms. The van der Waals surface area contributed by atoms with Gasteiger partial charge in [-0.25, -0.2) is 0 Å². The first kappa shape index (κ1) is 22.1. The molecule has 2 N–H and O–H groups in total. The molecule has 3 rings (SSSR count). The fourth-order valence-corrected chi connectivity index (χ4v) is 4.58. The fourth-order valence-electron chi connectivity index (χ4n) is 4.58. The molecule has 1 aromatic carbocycles. The maximum atomic E-state index is 4.91. The zero-order valence-corrected chi connectivity index (χ0v) is 18.7. The Morgan fingerprint density at radius 1 is 1.14 bits per heavy atom. The third-order valence-corrected chi connectivity index (χ3v) is 6.60. The molecular formula is C24H41N5. The van der Waals surface area contributed by atoms with Gasteiger partial charge in [-0.15, -0.1) is 0 Å². The summed E-state index contributed by atoms with van der Waals surface area (Å²) in [5.74, 6) is 0.978. The van der Waals surface area contributed by atoms with Crippen molar-refractivity contribution in [1.82, 2.24) is 20.4 Å². The summed E-state index contributed by atoms with van der Waals surface area (Å²) in [5, 5.41) is 7.15. The van der Waals surface area contributed by atoms with Crippen LogP contribution in [0.25, 0.3) is 0 Å². The van der Waals surface area contributed by atoms with Gasteiger partial charge in [-0.05, 0) is 52.1 Å². The Balaban J connectivity index is 1.45. The summed E-state index contributed by atoms with van der Waals surface area (Å²) in [6, 6.07) is 12.5. The zero-order chi connectivity index (χ0) is 20.5. The average Bonchev–Trinajstić information content (AvgIpc) is 3.28. The molecule has 1 unspecified atom stereocenters. The van der Waals surface area contributed by atoms with Crippen LogP contribution in [0.4, 0.5) is 0 Å². The van der Waals surface area contributed by atoms with Gasteiger partial charge in [-0.1, -0.05) is 43.2 Å². The third-order valence-electron chi connectivity index (χ3n) is 6.60. The number of aliphatic imine (C=N–C) groups is 1. The van der Waals surface area contributed by atoms with Gasteiger partial charge in [-0.2, -0.15) is 0 Å². The minimum Gasteiger partial charge on any atom is -0.357 e. The van der Waals surface area contributed by atoms with Crippen LogP contribution in [0.3, 0.4) is 0 Å². The number of hydrogen-bond acceptors (Lipinski definition) is 3. The van der Waals surface area contributed by atoms with E-state index in [0.717, 1.165) is 31.6 Å². The number of likely N-dealkylation sites (N-methyl/N-ethyl adjacent to an activating group) is 1. The molecule has 0 spiro atoms. The van der Waals surface area contributed by atoms with Crippen LogP contribution in [0.2, 0.25) is 0 Å². The number of nitrogens with one attached hydrogen (secondary N) is 2.